The normalized spacial score (nSPS) is 17.8. The summed E-state index contributed by atoms with van der Waals surface area (Å²) in [5.74, 6) is 0. The van der Waals surface area contributed by atoms with Crippen molar-refractivity contribution in [3.8, 4) is 0 Å². The van der Waals surface area contributed by atoms with Crippen LogP contribution in [0, 0.1) is 20.2 Å². The lowest BCUT2D eigenvalue weighted by Crippen LogP contribution is -2.56. The van der Waals surface area contributed by atoms with Crippen LogP contribution in [0.25, 0.3) is 0 Å². The molecule has 240 valence electrons. The lowest BCUT2D eigenvalue weighted by molar-refractivity contribution is -0.479. The van der Waals surface area contributed by atoms with Gasteiger partial charge in [-0.3, -0.25) is 30.0 Å². The van der Waals surface area contributed by atoms with Crippen LogP contribution in [-0.2, 0) is 25.9 Å². The molecule has 2 aromatic rings. The minimum Gasteiger partial charge on any atom is -0.465 e. The highest BCUT2D eigenvalue weighted by atomic mass is 32.2. The Labute approximate surface area is 257 Å². The maximum Gasteiger partial charge on any atom is 0.407 e. The van der Waals surface area contributed by atoms with E-state index in [1.165, 1.54) is 18.2 Å². The molecule has 0 radical (unpaired) electrons. The van der Waals surface area contributed by atoms with E-state index in [9.17, 15) is 38.5 Å². The number of carboxylic acid groups (broad SMARTS) is 1. The molecule has 0 aromatic heterocycles. The molecule has 44 heavy (non-hydrogen) atoms. The number of hydrogen-bond donors (Lipinski definition) is 1. The average Bonchev–Trinajstić information content (AvgIpc) is 2.95. The van der Waals surface area contributed by atoms with Gasteiger partial charge >= 0.3 is 6.09 Å². The molecule has 0 spiro atoms. The van der Waals surface area contributed by atoms with E-state index < -0.39 is 70.0 Å². The highest BCUT2D eigenvalue weighted by Gasteiger charge is 2.45. The molecule has 2 aromatic carbocycles. The Hall–Kier alpha value is -3.70. The molecule has 1 heterocycles. The number of para-hydroxylation sites is 1. The molecule has 1 aliphatic rings. The van der Waals surface area contributed by atoms with E-state index in [0.29, 0.717) is 10.0 Å². The maximum absolute atomic E-state index is 14.1. The SMILES string of the molecule is CC(C)(C)[Si](C)(C)OCC1C=C(CC[N+](=O)[O-])C(N(OCc2ccccc2)S(=O)(=O)c2ccccc2[N+](=O)[O-])CN1C(=O)O. The van der Waals surface area contributed by atoms with E-state index in [-0.39, 0.29) is 30.2 Å². The highest BCUT2D eigenvalue weighted by molar-refractivity contribution is 7.89. The van der Waals surface area contributed by atoms with E-state index in [0.717, 1.165) is 17.0 Å². The van der Waals surface area contributed by atoms with Gasteiger partial charge in [0.1, 0.15) is 0 Å². The Bertz CT molecular complexity index is 1500. The van der Waals surface area contributed by atoms with Gasteiger partial charge in [-0.1, -0.05) is 73.8 Å². The molecular weight excluding hydrogens is 612 g/mol. The summed E-state index contributed by atoms with van der Waals surface area (Å²) in [5.41, 5.74) is 0.0964. The average molecular weight is 651 g/mol. The van der Waals surface area contributed by atoms with Crippen molar-refractivity contribution >= 4 is 30.1 Å². The molecule has 0 saturated carbocycles. The van der Waals surface area contributed by atoms with Crippen LogP contribution in [0.2, 0.25) is 18.1 Å². The smallest absolute Gasteiger partial charge is 0.407 e. The summed E-state index contributed by atoms with van der Waals surface area (Å²) >= 11 is 0. The largest absolute Gasteiger partial charge is 0.465 e. The van der Waals surface area contributed by atoms with Crippen molar-refractivity contribution in [3.05, 3.63) is 92.0 Å². The summed E-state index contributed by atoms with van der Waals surface area (Å²) in [4.78, 5) is 40.5. The molecule has 14 nitrogen and oxygen atoms in total. The van der Waals surface area contributed by atoms with Gasteiger partial charge in [0, 0.05) is 24.0 Å². The first-order valence-corrected chi connectivity index (χ1v) is 18.2. The third-order valence-electron chi connectivity index (χ3n) is 7.89. The van der Waals surface area contributed by atoms with Crippen LogP contribution in [0.5, 0.6) is 0 Å². The minimum atomic E-state index is -4.82. The molecule has 1 N–H and O–H groups in total. The second kappa shape index (κ2) is 13.9. The molecule has 0 saturated heterocycles. The fourth-order valence-electron chi connectivity index (χ4n) is 4.39. The quantitative estimate of drug-likeness (QED) is 0.133. The van der Waals surface area contributed by atoms with Gasteiger partial charge in [0.2, 0.25) is 6.54 Å². The number of carbonyl (C=O) groups is 1. The first-order valence-electron chi connectivity index (χ1n) is 13.9. The molecule has 1 aliphatic heterocycles. The van der Waals surface area contributed by atoms with Crippen molar-refractivity contribution in [2.45, 2.75) is 68.9 Å². The van der Waals surface area contributed by atoms with Crippen molar-refractivity contribution in [1.29, 1.82) is 0 Å². The molecule has 2 unspecified atom stereocenters. The van der Waals surface area contributed by atoms with Gasteiger partial charge in [0.15, 0.2) is 13.2 Å². The Balaban J connectivity index is 2.15. The summed E-state index contributed by atoms with van der Waals surface area (Å²) in [7, 11) is -7.17. The van der Waals surface area contributed by atoms with Crippen LogP contribution >= 0.6 is 0 Å². The predicted molar refractivity (Wildman–Crippen MR) is 163 cm³/mol. The maximum atomic E-state index is 14.1. The third kappa shape index (κ3) is 8.26. The number of hydroxylamine groups is 1. The number of nitro groups is 2. The lowest BCUT2D eigenvalue weighted by atomic mass is 9.96. The van der Waals surface area contributed by atoms with Crippen LogP contribution in [-0.4, -0.2) is 78.9 Å². The number of nitrogens with zero attached hydrogens (tertiary/aromatic N) is 4. The first kappa shape index (κ1) is 34.8. The second-order valence-corrected chi connectivity index (χ2v) is 18.4. The van der Waals surface area contributed by atoms with Gasteiger partial charge in [-0.05, 0) is 35.3 Å². The van der Waals surface area contributed by atoms with Crippen LogP contribution < -0.4 is 0 Å². The zero-order chi connectivity index (χ0) is 32.9. The fourth-order valence-corrected chi connectivity index (χ4v) is 6.99. The molecule has 0 bridgehead atoms. The molecule has 0 fully saturated rings. The Morgan fingerprint density at radius 3 is 2.27 bits per heavy atom. The standard InChI is InChI=1S/C28H38N4O10SSi/c1-28(2,3)44(4,5)42-20-23-17-22(15-16-30(35)36)25(18-29(23)27(33)34)32(41-19-21-11-7-6-8-12-21)43(39,40)26-14-10-9-13-24(26)31(37)38/h6-14,17,23,25H,15-16,18-20H2,1-5H3,(H,33,34). The van der Waals surface area contributed by atoms with Gasteiger partial charge in [0.05, 0.1) is 30.2 Å². The van der Waals surface area contributed by atoms with Gasteiger partial charge in [-0.15, -0.1) is 0 Å². The summed E-state index contributed by atoms with van der Waals surface area (Å²) in [6.07, 6.45) is -0.110. The number of benzene rings is 2. The Kier molecular flexibility index (Phi) is 11.0. The Morgan fingerprint density at radius 1 is 1.09 bits per heavy atom. The number of nitro benzene ring substituents is 1. The topological polar surface area (TPSA) is 183 Å². The van der Waals surface area contributed by atoms with E-state index in [1.54, 1.807) is 30.3 Å². The predicted octanol–water partition coefficient (Wildman–Crippen LogP) is 5.06. The Morgan fingerprint density at radius 2 is 1.70 bits per heavy atom. The number of amides is 1. The molecule has 3 rings (SSSR count). The van der Waals surface area contributed by atoms with Gasteiger partial charge in [-0.2, -0.15) is 0 Å². The number of sulfonamides is 1. The fraction of sp³-hybridized carbons (Fsp3) is 0.464. The van der Waals surface area contributed by atoms with Crippen LogP contribution in [0.1, 0.15) is 32.8 Å². The molecule has 16 heteroatoms. The van der Waals surface area contributed by atoms with Crippen molar-refractivity contribution in [3.63, 3.8) is 0 Å². The van der Waals surface area contributed by atoms with Crippen molar-refractivity contribution in [2.24, 2.45) is 0 Å². The van der Waals surface area contributed by atoms with Gasteiger partial charge in [-0.25, -0.2) is 13.2 Å². The molecular formula is C28H38N4O10SSi. The van der Waals surface area contributed by atoms with Crippen molar-refractivity contribution < 1.29 is 37.4 Å². The molecule has 2 atom stereocenters. The number of hydrogen-bond acceptors (Lipinski definition) is 9. The summed E-state index contributed by atoms with van der Waals surface area (Å²) < 4.78 is 35.1. The zero-order valence-corrected chi connectivity index (χ0v) is 27.1. The third-order valence-corrected chi connectivity index (χ3v) is 14.1. The highest BCUT2D eigenvalue weighted by Crippen LogP contribution is 2.38. The van der Waals surface area contributed by atoms with Gasteiger partial charge in [0.25, 0.3) is 15.7 Å². The lowest BCUT2D eigenvalue weighted by Gasteiger charge is -2.42. The first-order chi connectivity index (χ1) is 20.5. The van der Waals surface area contributed by atoms with E-state index in [1.807, 2.05) is 33.9 Å². The second-order valence-electron chi connectivity index (χ2n) is 11.9. The van der Waals surface area contributed by atoms with E-state index in [2.05, 4.69) is 0 Å². The number of rotatable bonds is 13. The van der Waals surface area contributed by atoms with Crippen LogP contribution in [0.3, 0.4) is 0 Å². The van der Waals surface area contributed by atoms with E-state index >= 15 is 0 Å². The molecule has 0 aliphatic carbocycles. The summed E-state index contributed by atoms with van der Waals surface area (Å²) in [5, 5.41) is 33.2. The summed E-state index contributed by atoms with van der Waals surface area (Å²) in [6.45, 7) is 8.72. The van der Waals surface area contributed by atoms with Crippen molar-refractivity contribution in [2.75, 3.05) is 19.7 Å². The van der Waals surface area contributed by atoms with Crippen molar-refractivity contribution in [1.82, 2.24) is 9.37 Å². The van der Waals surface area contributed by atoms with Gasteiger partial charge < -0.3 is 9.53 Å². The molecule has 1 amide bonds. The summed E-state index contributed by atoms with van der Waals surface area (Å²) in [6, 6.07) is 11.0. The monoisotopic (exact) mass is 650 g/mol. The van der Waals surface area contributed by atoms with Crippen LogP contribution in [0.15, 0.2) is 71.1 Å². The van der Waals surface area contributed by atoms with Crippen LogP contribution in [0.4, 0.5) is 10.5 Å². The zero-order valence-electron chi connectivity index (χ0n) is 25.3. The minimum absolute atomic E-state index is 0.0424. The van der Waals surface area contributed by atoms with E-state index in [4.69, 9.17) is 9.26 Å².